The molecule has 1 fully saturated rings. The quantitative estimate of drug-likeness (QED) is 0.348. The van der Waals surface area contributed by atoms with Crippen LogP contribution in [-0.2, 0) is 6.54 Å². The number of hydrogen-bond donors (Lipinski definition) is 2. The van der Waals surface area contributed by atoms with Gasteiger partial charge in [0.25, 0.3) is 0 Å². The third-order valence-electron chi connectivity index (χ3n) is 5.89. The average Bonchev–Trinajstić information content (AvgIpc) is 2.81. The molecule has 0 amide bonds. The Hall–Kier alpha value is -3.52. The predicted molar refractivity (Wildman–Crippen MR) is 125 cm³/mol. The first-order valence-corrected chi connectivity index (χ1v) is 10.5. The smallest absolute Gasteiger partial charge is 0.162 e. The molecule has 32 heavy (non-hydrogen) atoms. The largest absolute Gasteiger partial charge is 0.507 e. The topological polar surface area (TPSA) is 90.7 Å². The monoisotopic (exact) mass is 436 g/mol. The molecule has 0 radical (unpaired) electrons. The molecule has 8 nitrogen and oxygen atoms in total. The molecule has 1 aromatic heterocycles. The van der Waals surface area contributed by atoms with Crippen molar-refractivity contribution in [3.63, 3.8) is 0 Å². The molecule has 168 valence electrons. The van der Waals surface area contributed by atoms with E-state index in [0.717, 1.165) is 53.9 Å². The van der Waals surface area contributed by atoms with Gasteiger partial charge in [0.2, 0.25) is 0 Å². The summed E-state index contributed by atoms with van der Waals surface area (Å²) in [4.78, 5) is 9.17. The number of oxime groups is 1. The highest BCUT2D eigenvalue weighted by molar-refractivity contribution is 5.94. The molecule has 2 heterocycles. The van der Waals surface area contributed by atoms with Gasteiger partial charge >= 0.3 is 0 Å². The molecule has 2 N–H and O–H groups in total. The number of piperazine rings is 1. The van der Waals surface area contributed by atoms with E-state index in [0.29, 0.717) is 23.6 Å². The lowest BCUT2D eigenvalue weighted by atomic mass is 10.0. The number of hydrogen-bond acceptors (Lipinski definition) is 8. The number of aryl methyl sites for hydroxylation is 1. The molecule has 0 aliphatic carbocycles. The van der Waals surface area contributed by atoms with Gasteiger partial charge in [0, 0.05) is 67.2 Å². The van der Waals surface area contributed by atoms with Gasteiger partial charge in [0.05, 0.1) is 26.0 Å². The van der Waals surface area contributed by atoms with E-state index in [4.69, 9.17) is 14.7 Å². The van der Waals surface area contributed by atoms with Gasteiger partial charge in [-0.25, -0.2) is 0 Å². The summed E-state index contributed by atoms with van der Waals surface area (Å²) in [6.07, 6.45) is 3.09. The van der Waals surface area contributed by atoms with E-state index in [1.165, 1.54) is 6.21 Å². The number of anilines is 1. The van der Waals surface area contributed by atoms with Gasteiger partial charge < -0.3 is 24.7 Å². The van der Waals surface area contributed by atoms with Crippen molar-refractivity contribution < 1.29 is 19.8 Å². The Kier molecular flexibility index (Phi) is 6.32. The third-order valence-corrected chi connectivity index (χ3v) is 5.89. The van der Waals surface area contributed by atoms with Crippen LogP contribution in [0.25, 0.3) is 10.9 Å². The fourth-order valence-corrected chi connectivity index (χ4v) is 4.29. The second-order valence-corrected chi connectivity index (χ2v) is 7.92. The Bertz CT molecular complexity index is 1140. The summed E-state index contributed by atoms with van der Waals surface area (Å²) < 4.78 is 10.9. The second-order valence-electron chi connectivity index (χ2n) is 7.92. The van der Waals surface area contributed by atoms with Gasteiger partial charge in [-0.05, 0) is 30.7 Å². The van der Waals surface area contributed by atoms with Crippen LogP contribution < -0.4 is 14.4 Å². The fourth-order valence-electron chi connectivity index (χ4n) is 4.29. The number of rotatable bonds is 6. The molecular formula is C24H28N4O4. The number of ether oxygens (including phenoxy) is 2. The second kappa shape index (κ2) is 9.32. The Morgan fingerprint density at radius 2 is 1.78 bits per heavy atom. The van der Waals surface area contributed by atoms with Crippen molar-refractivity contribution in [1.29, 1.82) is 0 Å². The lowest BCUT2D eigenvalue weighted by molar-refractivity contribution is 0.247. The summed E-state index contributed by atoms with van der Waals surface area (Å²) in [5.74, 6) is 1.51. The molecule has 2 aromatic carbocycles. The van der Waals surface area contributed by atoms with Crippen LogP contribution in [-0.4, -0.2) is 66.8 Å². The Morgan fingerprint density at radius 1 is 1.06 bits per heavy atom. The van der Waals surface area contributed by atoms with E-state index < -0.39 is 0 Å². The molecule has 0 spiro atoms. The van der Waals surface area contributed by atoms with Crippen LogP contribution in [0.3, 0.4) is 0 Å². The minimum Gasteiger partial charge on any atom is -0.507 e. The van der Waals surface area contributed by atoms with E-state index in [-0.39, 0.29) is 5.75 Å². The van der Waals surface area contributed by atoms with Crippen LogP contribution in [0.5, 0.6) is 17.2 Å². The van der Waals surface area contributed by atoms with E-state index in [2.05, 4.69) is 19.9 Å². The average molecular weight is 437 g/mol. The highest BCUT2D eigenvalue weighted by Crippen LogP contribution is 2.36. The van der Waals surface area contributed by atoms with Crippen LogP contribution in [0.4, 0.5) is 5.69 Å². The van der Waals surface area contributed by atoms with Crippen molar-refractivity contribution in [1.82, 2.24) is 9.88 Å². The molecule has 8 heteroatoms. The predicted octanol–water partition coefficient (Wildman–Crippen LogP) is 3.40. The Balaban J connectivity index is 1.52. The number of aromatic nitrogens is 1. The molecule has 4 rings (SSSR count). The minimum absolute atomic E-state index is 0.164. The minimum atomic E-state index is 0.164. The maximum Gasteiger partial charge on any atom is 0.162 e. The maximum absolute atomic E-state index is 10.5. The maximum atomic E-state index is 10.5. The summed E-state index contributed by atoms with van der Waals surface area (Å²) in [5.41, 5.74) is 4.35. The standard InChI is InChI=1S/C24H28N4O4/c1-16-10-17(14-26-30)24(29)18(11-16)15-27-6-8-28(9-7-27)21-4-5-25-20-13-23(32-3)22(31-2)12-19(20)21/h4-5,10-14,29-30H,6-9,15H2,1-3H3. The van der Waals surface area contributed by atoms with Crippen molar-refractivity contribution in [2.24, 2.45) is 5.16 Å². The van der Waals surface area contributed by atoms with Crippen LogP contribution in [0.1, 0.15) is 16.7 Å². The fraction of sp³-hybridized carbons (Fsp3) is 0.333. The molecule has 1 saturated heterocycles. The summed E-state index contributed by atoms with van der Waals surface area (Å²) in [6.45, 7) is 6.01. The van der Waals surface area contributed by atoms with Crippen molar-refractivity contribution in [2.75, 3.05) is 45.3 Å². The molecule has 0 unspecified atom stereocenters. The molecule has 0 bridgehead atoms. The summed E-state index contributed by atoms with van der Waals surface area (Å²) in [5, 5.41) is 23.5. The van der Waals surface area contributed by atoms with Crippen LogP contribution >= 0.6 is 0 Å². The summed E-state index contributed by atoms with van der Waals surface area (Å²) >= 11 is 0. The molecule has 1 aliphatic heterocycles. The zero-order valence-corrected chi connectivity index (χ0v) is 18.6. The first-order chi connectivity index (χ1) is 15.5. The Labute approximate surface area is 187 Å². The first kappa shape index (κ1) is 21.7. The number of methoxy groups -OCH3 is 2. The van der Waals surface area contributed by atoms with Crippen molar-refractivity contribution in [3.05, 3.63) is 53.2 Å². The molecular weight excluding hydrogens is 408 g/mol. The highest BCUT2D eigenvalue weighted by Gasteiger charge is 2.21. The number of phenols is 1. The number of phenolic OH excluding ortho intramolecular Hbond substituents is 1. The number of aromatic hydroxyl groups is 1. The van der Waals surface area contributed by atoms with Gasteiger partial charge in [-0.1, -0.05) is 11.2 Å². The van der Waals surface area contributed by atoms with Gasteiger partial charge in [0.1, 0.15) is 5.75 Å². The first-order valence-electron chi connectivity index (χ1n) is 10.5. The van der Waals surface area contributed by atoms with Crippen molar-refractivity contribution in [3.8, 4) is 17.2 Å². The highest BCUT2D eigenvalue weighted by atomic mass is 16.5. The van der Waals surface area contributed by atoms with Gasteiger partial charge in [0.15, 0.2) is 11.5 Å². The molecule has 1 aliphatic rings. The number of benzene rings is 2. The van der Waals surface area contributed by atoms with Crippen LogP contribution in [0.15, 0.2) is 41.7 Å². The Morgan fingerprint density at radius 3 is 2.47 bits per heavy atom. The number of pyridine rings is 1. The van der Waals surface area contributed by atoms with Crippen molar-refractivity contribution in [2.45, 2.75) is 13.5 Å². The van der Waals surface area contributed by atoms with Gasteiger partial charge in [-0.3, -0.25) is 9.88 Å². The normalized spacial score (nSPS) is 14.9. The van der Waals surface area contributed by atoms with Crippen molar-refractivity contribution >= 4 is 22.8 Å². The number of fused-ring (bicyclic) bond motifs is 1. The third kappa shape index (κ3) is 4.27. The lowest BCUT2D eigenvalue weighted by Gasteiger charge is -2.36. The molecule has 0 saturated carbocycles. The van der Waals surface area contributed by atoms with E-state index >= 15 is 0 Å². The SMILES string of the molecule is COc1cc2nccc(N3CCN(Cc4cc(C)cc(C=NO)c4O)CC3)c2cc1OC. The van der Waals surface area contributed by atoms with Gasteiger partial charge in [-0.2, -0.15) is 0 Å². The molecule has 0 atom stereocenters. The van der Waals surface area contributed by atoms with Crippen LogP contribution in [0, 0.1) is 6.92 Å². The zero-order chi connectivity index (χ0) is 22.7. The van der Waals surface area contributed by atoms with E-state index in [9.17, 15) is 5.11 Å². The zero-order valence-electron chi connectivity index (χ0n) is 18.6. The van der Waals surface area contributed by atoms with E-state index in [1.54, 1.807) is 20.3 Å². The molecule has 3 aromatic rings. The van der Waals surface area contributed by atoms with Gasteiger partial charge in [-0.15, -0.1) is 0 Å². The lowest BCUT2D eigenvalue weighted by Crippen LogP contribution is -2.46. The summed E-state index contributed by atoms with van der Waals surface area (Å²) in [7, 11) is 3.26. The van der Waals surface area contributed by atoms with E-state index in [1.807, 2.05) is 37.4 Å². The summed E-state index contributed by atoms with van der Waals surface area (Å²) in [6, 6.07) is 9.71. The number of nitrogens with zero attached hydrogens (tertiary/aromatic N) is 4. The van der Waals surface area contributed by atoms with Crippen LogP contribution in [0.2, 0.25) is 0 Å².